The lowest BCUT2D eigenvalue weighted by molar-refractivity contribution is 0.0921. The molecule has 0 radical (unpaired) electrons. The number of hydrogen-bond donors (Lipinski definition) is 1. The van der Waals surface area contributed by atoms with Gasteiger partial charge in [-0.3, -0.25) is 14.4 Å². The summed E-state index contributed by atoms with van der Waals surface area (Å²) in [6, 6.07) is 10.6. The molecule has 1 aliphatic heterocycles. The summed E-state index contributed by atoms with van der Waals surface area (Å²) in [6.45, 7) is 3.36. The maximum Gasteiger partial charge on any atom is 0.251 e. The van der Waals surface area contributed by atoms with Crippen LogP contribution in [0.5, 0.6) is 0 Å². The minimum atomic E-state index is 0.0336. The van der Waals surface area contributed by atoms with Crippen molar-refractivity contribution >= 4 is 5.91 Å². The standard InChI is InChI=1S/C25H30N6O/c32-25(20-5-3-19(4-6-20)16-30-13-1-2-14-30)29-22-7-9-23(10-8-22)31-17-21(15-28-31)24-11-12-26-18-27-24/h3-6,11-12,15,17-18,22-23H,1-2,7-10,13-14,16H2,(H,29,32). The lowest BCUT2D eigenvalue weighted by Gasteiger charge is -2.29. The monoisotopic (exact) mass is 430 g/mol. The normalized spacial score (nSPS) is 21.5. The molecule has 7 nitrogen and oxygen atoms in total. The summed E-state index contributed by atoms with van der Waals surface area (Å²) in [6.07, 6.45) is 13.8. The molecule has 0 atom stereocenters. The first-order valence-electron chi connectivity index (χ1n) is 11.7. The Morgan fingerprint density at radius 3 is 2.53 bits per heavy atom. The molecule has 0 spiro atoms. The highest BCUT2D eigenvalue weighted by molar-refractivity contribution is 5.94. The Morgan fingerprint density at radius 1 is 1.03 bits per heavy atom. The van der Waals surface area contributed by atoms with Crippen LogP contribution < -0.4 is 5.32 Å². The first kappa shape index (κ1) is 20.8. The largest absolute Gasteiger partial charge is 0.349 e. The summed E-state index contributed by atoms with van der Waals surface area (Å²) in [5.41, 5.74) is 3.93. The van der Waals surface area contributed by atoms with Gasteiger partial charge in [0.15, 0.2) is 0 Å². The number of nitrogens with zero attached hydrogens (tertiary/aromatic N) is 5. The average molecular weight is 431 g/mol. The molecule has 5 rings (SSSR count). The Labute approximate surface area is 188 Å². The fourth-order valence-electron chi connectivity index (χ4n) is 4.85. The van der Waals surface area contributed by atoms with Gasteiger partial charge in [0.05, 0.1) is 17.9 Å². The zero-order valence-corrected chi connectivity index (χ0v) is 18.4. The van der Waals surface area contributed by atoms with E-state index in [0.717, 1.165) is 49.0 Å². The molecule has 1 saturated carbocycles. The van der Waals surface area contributed by atoms with Crippen LogP contribution in [0.15, 0.2) is 55.2 Å². The van der Waals surface area contributed by atoms with Crippen LogP contribution in [0.2, 0.25) is 0 Å². The highest BCUT2D eigenvalue weighted by Crippen LogP contribution is 2.29. The number of aromatic nitrogens is 4. The summed E-state index contributed by atoms with van der Waals surface area (Å²) in [7, 11) is 0. The summed E-state index contributed by atoms with van der Waals surface area (Å²) in [4.78, 5) is 23.5. The molecule has 3 heterocycles. The SMILES string of the molecule is O=C(NC1CCC(n2cc(-c3ccncn3)cn2)CC1)c1ccc(CN2CCCC2)cc1. The Morgan fingerprint density at radius 2 is 1.81 bits per heavy atom. The van der Waals surface area contributed by atoms with E-state index >= 15 is 0 Å². The van der Waals surface area contributed by atoms with E-state index in [1.165, 1.54) is 31.5 Å². The van der Waals surface area contributed by atoms with Gasteiger partial charge in [-0.25, -0.2) is 9.97 Å². The van der Waals surface area contributed by atoms with E-state index in [2.05, 4.69) is 48.3 Å². The Hall–Kier alpha value is -3.06. The van der Waals surface area contributed by atoms with Gasteiger partial charge in [-0.1, -0.05) is 12.1 Å². The number of nitrogens with one attached hydrogen (secondary N) is 1. The van der Waals surface area contributed by atoms with Gasteiger partial charge < -0.3 is 5.32 Å². The average Bonchev–Trinajstić information content (AvgIpc) is 3.53. The molecule has 166 valence electrons. The second-order valence-corrected chi connectivity index (χ2v) is 8.96. The summed E-state index contributed by atoms with van der Waals surface area (Å²) in [5, 5.41) is 7.79. The van der Waals surface area contributed by atoms with Gasteiger partial charge in [0.1, 0.15) is 6.33 Å². The molecule has 1 amide bonds. The molecular formula is C25H30N6O. The topological polar surface area (TPSA) is 75.9 Å². The number of rotatable bonds is 6. The summed E-state index contributed by atoms with van der Waals surface area (Å²) in [5.74, 6) is 0.0336. The number of likely N-dealkylation sites (tertiary alicyclic amines) is 1. The summed E-state index contributed by atoms with van der Waals surface area (Å²) < 4.78 is 2.05. The lowest BCUT2D eigenvalue weighted by atomic mass is 9.91. The number of benzene rings is 1. The van der Waals surface area contributed by atoms with Crippen LogP contribution in [0.4, 0.5) is 0 Å². The summed E-state index contributed by atoms with van der Waals surface area (Å²) >= 11 is 0. The maximum absolute atomic E-state index is 12.7. The van der Waals surface area contributed by atoms with Crippen LogP contribution in [-0.4, -0.2) is 49.7 Å². The Kier molecular flexibility index (Phi) is 6.25. The third kappa shape index (κ3) is 4.88. The molecule has 0 bridgehead atoms. The van der Waals surface area contributed by atoms with Crippen molar-refractivity contribution in [3.63, 3.8) is 0 Å². The Bertz CT molecular complexity index is 1020. The Balaban J connectivity index is 1.11. The fourth-order valence-corrected chi connectivity index (χ4v) is 4.85. The molecule has 1 aromatic carbocycles. The van der Waals surface area contributed by atoms with Crippen molar-refractivity contribution in [1.82, 2.24) is 30.0 Å². The van der Waals surface area contributed by atoms with Gasteiger partial charge in [0.2, 0.25) is 0 Å². The molecule has 1 saturated heterocycles. The zero-order valence-electron chi connectivity index (χ0n) is 18.4. The van der Waals surface area contributed by atoms with Crippen LogP contribution in [0.3, 0.4) is 0 Å². The smallest absolute Gasteiger partial charge is 0.251 e. The van der Waals surface area contributed by atoms with Crippen molar-refractivity contribution < 1.29 is 4.79 Å². The number of carbonyl (C=O) groups is 1. The van der Waals surface area contributed by atoms with Crippen LogP contribution >= 0.6 is 0 Å². The van der Waals surface area contributed by atoms with E-state index in [1.54, 1.807) is 12.5 Å². The zero-order chi connectivity index (χ0) is 21.8. The molecule has 2 fully saturated rings. The molecule has 7 heteroatoms. The predicted octanol–water partition coefficient (Wildman–Crippen LogP) is 3.85. The minimum Gasteiger partial charge on any atom is -0.349 e. The molecule has 2 aromatic heterocycles. The van der Waals surface area contributed by atoms with Crippen LogP contribution in [0.25, 0.3) is 11.3 Å². The minimum absolute atomic E-state index is 0.0336. The first-order chi connectivity index (χ1) is 15.7. The van der Waals surface area contributed by atoms with Gasteiger partial charge in [0.25, 0.3) is 5.91 Å². The van der Waals surface area contributed by atoms with Crippen molar-refractivity contribution in [2.75, 3.05) is 13.1 Å². The van der Waals surface area contributed by atoms with E-state index in [-0.39, 0.29) is 11.9 Å². The van der Waals surface area contributed by atoms with Gasteiger partial charge in [0, 0.05) is 36.1 Å². The second-order valence-electron chi connectivity index (χ2n) is 8.96. The molecule has 3 aromatic rings. The molecule has 32 heavy (non-hydrogen) atoms. The molecule has 2 aliphatic rings. The van der Waals surface area contributed by atoms with Crippen molar-refractivity contribution in [3.05, 3.63) is 66.4 Å². The van der Waals surface area contributed by atoms with Gasteiger partial charge in [-0.2, -0.15) is 5.10 Å². The molecule has 1 aliphatic carbocycles. The second kappa shape index (κ2) is 9.61. The van der Waals surface area contributed by atoms with Crippen LogP contribution in [0.1, 0.15) is 60.5 Å². The number of amides is 1. The van der Waals surface area contributed by atoms with Gasteiger partial charge in [-0.15, -0.1) is 0 Å². The van der Waals surface area contributed by atoms with Crippen molar-refractivity contribution in [3.8, 4) is 11.3 Å². The first-order valence-corrected chi connectivity index (χ1v) is 11.7. The highest BCUT2D eigenvalue weighted by Gasteiger charge is 2.24. The molecular weight excluding hydrogens is 400 g/mol. The van der Waals surface area contributed by atoms with Crippen molar-refractivity contribution in [2.24, 2.45) is 0 Å². The lowest BCUT2D eigenvalue weighted by Crippen LogP contribution is -2.38. The third-order valence-electron chi connectivity index (χ3n) is 6.71. The van der Waals surface area contributed by atoms with Gasteiger partial charge >= 0.3 is 0 Å². The van der Waals surface area contributed by atoms with Crippen LogP contribution in [-0.2, 0) is 6.54 Å². The van der Waals surface area contributed by atoms with Crippen molar-refractivity contribution in [1.29, 1.82) is 0 Å². The fraction of sp³-hybridized carbons (Fsp3) is 0.440. The molecule has 1 N–H and O–H groups in total. The highest BCUT2D eigenvalue weighted by atomic mass is 16.1. The maximum atomic E-state index is 12.7. The van der Waals surface area contributed by atoms with Crippen molar-refractivity contribution in [2.45, 2.75) is 57.2 Å². The van der Waals surface area contributed by atoms with Crippen LogP contribution in [0, 0.1) is 0 Å². The van der Waals surface area contributed by atoms with E-state index in [0.29, 0.717) is 6.04 Å². The quantitative estimate of drug-likeness (QED) is 0.643. The number of hydrogen-bond acceptors (Lipinski definition) is 5. The van der Waals surface area contributed by atoms with E-state index in [1.807, 2.05) is 24.4 Å². The van der Waals surface area contributed by atoms with E-state index in [4.69, 9.17) is 0 Å². The van der Waals surface area contributed by atoms with Gasteiger partial charge in [-0.05, 0) is 75.4 Å². The van der Waals surface area contributed by atoms with E-state index in [9.17, 15) is 4.79 Å². The molecule has 0 unspecified atom stereocenters. The third-order valence-corrected chi connectivity index (χ3v) is 6.71. The predicted molar refractivity (Wildman–Crippen MR) is 123 cm³/mol. The number of carbonyl (C=O) groups excluding carboxylic acids is 1. The van der Waals surface area contributed by atoms with E-state index < -0.39 is 0 Å².